The van der Waals surface area contributed by atoms with E-state index in [4.69, 9.17) is 21.4 Å². The van der Waals surface area contributed by atoms with E-state index in [2.05, 4.69) is 41.6 Å². The first kappa shape index (κ1) is 63.7. The summed E-state index contributed by atoms with van der Waals surface area (Å²) in [6, 6.07) is 4.56. The fourth-order valence-corrected chi connectivity index (χ4v) is 10.2. The molecule has 3 amide bonds. The van der Waals surface area contributed by atoms with Crippen molar-refractivity contribution in [3.05, 3.63) is 98.7 Å². The number of carboxylic acid groups (broad SMARTS) is 1. The molecule has 5 aromatic rings. The SMILES string of the molecule is CC(C)(C#Cc1ccc(-c2ccc(Cl)c3c(CN(C(=O)CCCN(CC(=O)O)C(=O)OCOP(=O)(O)O)[SH](=O)=O)nn(CC(F)(F)F)c23)c(C(Cc2cc(F)cc(F)c2)NC(=O)Cn2nc(C(F)(F)F)c3c2C(F)(F)[C@@H]2C[C@H]32)n1)S(C)(=O)=O. The molecule has 7 rings (SSSR count). The van der Waals surface area contributed by atoms with E-state index in [0.717, 1.165) is 42.7 Å². The average Bonchev–Trinajstić information content (AvgIpc) is 1.56. The highest BCUT2D eigenvalue weighted by atomic mass is 35.5. The molecule has 4 N–H and O–H groups in total. The molecule has 3 heterocycles. The van der Waals surface area contributed by atoms with Crippen LogP contribution in [-0.2, 0) is 87.1 Å². The average molecular weight is 1270 g/mol. The number of ether oxygens (including phenoxy) is 1. The number of alkyl halides is 8. The Hall–Kier alpha value is -6.89. The summed E-state index contributed by atoms with van der Waals surface area (Å²) in [6.45, 7) is -5.23. The smallest absolute Gasteiger partial charge is 0.472 e. The standard InChI is InChI=1S/C47H44ClF10N8O14PS2/c1-44(2,83(3,77)78)11-10-26-6-7-27(39(59-26)32(15-23-13-24(49)16-25(50)14-23)60-34(67)19-64-42-37(41(62-64)47(56,57)58)29-17-30(29)46(42,54)55)28-8-9-31(48)38-33(61-65(40(28)38)21-45(51,52)53)18-66(82(75)76)35(68)5-4-12-63(20-36(69)70)43(71)79-22-80-81(72,73)74/h6-9,13-14,16,29-30,32,82H,4-5,12,15,17-22H2,1-3H3,(H,60,67)(H,69,70)(H2,72,73,74)/t29-,30+,32?/m0/s1. The zero-order valence-electron chi connectivity index (χ0n) is 42.8. The van der Waals surface area contributed by atoms with Gasteiger partial charge in [0.25, 0.3) is 5.92 Å². The monoisotopic (exact) mass is 1260 g/mol. The van der Waals surface area contributed by atoms with Crippen LogP contribution in [0.25, 0.3) is 22.0 Å². The van der Waals surface area contributed by atoms with Gasteiger partial charge in [-0.25, -0.2) is 48.8 Å². The molecule has 22 nitrogen and oxygen atoms in total. The Kier molecular flexibility index (Phi) is 18.1. The summed E-state index contributed by atoms with van der Waals surface area (Å²) in [5, 5.41) is 18.1. The number of carbonyl (C=O) groups excluding carboxylic acids is 3. The highest BCUT2D eigenvalue weighted by molar-refractivity contribution is 7.92. The van der Waals surface area contributed by atoms with Crippen molar-refractivity contribution in [3.63, 3.8) is 0 Å². The predicted molar refractivity (Wildman–Crippen MR) is 267 cm³/mol. The van der Waals surface area contributed by atoms with Crippen molar-refractivity contribution in [1.82, 2.24) is 39.1 Å². The number of carboxylic acids is 1. The van der Waals surface area contributed by atoms with Crippen molar-refractivity contribution < 1.29 is 109 Å². The second-order valence-electron chi connectivity index (χ2n) is 19.4. The van der Waals surface area contributed by atoms with Gasteiger partial charge in [0.05, 0.1) is 34.5 Å². The highest BCUT2D eigenvalue weighted by Gasteiger charge is 2.68. The fraction of sp³-hybridized carbons (Fsp3) is 0.426. The maximum absolute atomic E-state index is 15.6. The number of nitrogens with zero attached hydrogens (tertiary/aromatic N) is 7. The topological polar surface area (TPSA) is 300 Å². The van der Waals surface area contributed by atoms with Crippen molar-refractivity contribution in [2.75, 3.05) is 26.1 Å². The summed E-state index contributed by atoms with van der Waals surface area (Å²) in [4.78, 5) is 74.3. The fourth-order valence-electron chi connectivity index (χ4n) is 9.03. The minimum absolute atomic E-state index is 0.111. The van der Waals surface area contributed by atoms with Crippen LogP contribution in [0.1, 0.15) is 84.7 Å². The summed E-state index contributed by atoms with van der Waals surface area (Å²) in [5.41, 5.74) is -6.73. The molecule has 3 atom stereocenters. The molecule has 36 heteroatoms. The lowest BCUT2D eigenvalue weighted by atomic mass is 9.93. The molecule has 1 saturated carbocycles. The second kappa shape index (κ2) is 23.6. The van der Waals surface area contributed by atoms with Crippen molar-refractivity contribution >= 4 is 74.9 Å². The third-order valence-electron chi connectivity index (χ3n) is 13.0. The van der Waals surface area contributed by atoms with Gasteiger partial charge in [0, 0.05) is 53.3 Å². The number of halogens is 11. The Labute approximate surface area is 468 Å². The zero-order chi connectivity index (χ0) is 61.7. The Bertz CT molecular complexity index is 3720. The lowest BCUT2D eigenvalue weighted by Gasteiger charge is -2.23. The number of hydrogen-bond donors (Lipinski definition) is 5. The summed E-state index contributed by atoms with van der Waals surface area (Å²) in [7, 11) is -13.1. The molecule has 2 aliphatic carbocycles. The first-order chi connectivity index (χ1) is 38.3. The van der Waals surface area contributed by atoms with Gasteiger partial charge in [-0.1, -0.05) is 23.6 Å². The van der Waals surface area contributed by atoms with Gasteiger partial charge in [-0.3, -0.25) is 28.6 Å². The van der Waals surface area contributed by atoms with E-state index in [1.54, 1.807) is 0 Å². The molecule has 0 aliphatic heterocycles. The Morgan fingerprint density at radius 2 is 1.65 bits per heavy atom. The molecule has 0 radical (unpaired) electrons. The van der Waals surface area contributed by atoms with Gasteiger partial charge in [-0.2, -0.15) is 45.3 Å². The van der Waals surface area contributed by atoms with Crippen LogP contribution < -0.4 is 5.32 Å². The predicted octanol–water partition coefficient (Wildman–Crippen LogP) is 6.52. The number of phosphoric ester groups is 1. The largest absolute Gasteiger partial charge is 0.480 e. The molecule has 1 fully saturated rings. The van der Waals surface area contributed by atoms with Gasteiger partial charge in [-0.05, 0) is 80.8 Å². The van der Waals surface area contributed by atoms with Crippen LogP contribution in [0.3, 0.4) is 0 Å². The molecule has 0 spiro atoms. The number of nitrogens with one attached hydrogen (secondary N) is 1. The number of aliphatic carboxylic acids is 1. The highest BCUT2D eigenvalue weighted by Crippen LogP contribution is 2.68. The van der Waals surface area contributed by atoms with Gasteiger partial charge in [0.2, 0.25) is 29.5 Å². The second-order valence-corrected chi connectivity index (χ2v) is 24.6. The number of aromatic nitrogens is 5. The lowest BCUT2D eigenvalue weighted by Crippen LogP contribution is -2.38. The molecule has 83 heavy (non-hydrogen) atoms. The Balaban J connectivity index is 1.35. The molecule has 2 aromatic carbocycles. The maximum atomic E-state index is 15.6. The molecule has 0 saturated heterocycles. The number of hydrogen-bond acceptors (Lipinski definition) is 14. The van der Waals surface area contributed by atoms with E-state index in [-0.39, 0.29) is 37.8 Å². The Morgan fingerprint density at radius 1 is 1.00 bits per heavy atom. The van der Waals surface area contributed by atoms with E-state index in [1.165, 1.54) is 13.8 Å². The quantitative estimate of drug-likeness (QED) is 0.0172. The third kappa shape index (κ3) is 14.9. The van der Waals surface area contributed by atoms with Gasteiger partial charge in [0.1, 0.15) is 47.4 Å². The minimum atomic E-state index is -5.26. The minimum Gasteiger partial charge on any atom is -0.480 e. The van der Waals surface area contributed by atoms with E-state index in [0.29, 0.717) is 15.6 Å². The van der Waals surface area contributed by atoms with Gasteiger partial charge in [-0.15, -0.1) is 0 Å². The number of sulfone groups is 1. The first-order valence-electron chi connectivity index (χ1n) is 23.8. The number of thiol groups is 1. The van der Waals surface area contributed by atoms with Gasteiger partial charge in [0.15, 0.2) is 15.5 Å². The van der Waals surface area contributed by atoms with Gasteiger partial charge < -0.3 is 24.9 Å². The number of carbonyl (C=O) groups is 4. The Morgan fingerprint density at radius 3 is 2.24 bits per heavy atom. The molecule has 2 aliphatic rings. The van der Waals surface area contributed by atoms with Crippen LogP contribution in [0.15, 0.2) is 42.5 Å². The lowest BCUT2D eigenvalue weighted by molar-refractivity contribution is -0.143. The molecule has 0 bridgehead atoms. The van der Waals surface area contributed by atoms with Crippen LogP contribution in [0, 0.1) is 29.4 Å². The number of pyridine rings is 1. The molecule has 1 unspecified atom stereocenters. The third-order valence-corrected chi connectivity index (χ3v) is 16.5. The molecule has 3 aromatic heterocycles. The van der Waals surface area contributed by atoms with Gasteiger partial charge >= 0.3 is 32.2 Å². The van der Waals surface area contributed by atoms with Crippen molar-refractivity contribution in [1.29, 1.82) is 0 Å². The number of phosphoric acid groups is 1. The van der Waals surface area contributed by atoms with Crippen LogP contribution >= 0.6 is 19.4 Å². The summed E-state index contributed by atoms with van der Waals surface area (Å²) < 4.78 is 217. The maximum Gasteiger partial charge on any atom is 0.472 e. The summed E-state index contributed by atoms with van der Waals surface area (Å²) in [6.07, 6.45) is -13.5. The number of benzene rings is 2. The number of fused-ring (bicyclic) bond motifs is 4. The van der Waals surface area contributed by atoms with Crippen LogP contribution in [-0.4, -0.2) is 126 Å². The van der Waals surface area contributed by atoms with Crippen molar-refractivity contribution in [2.45, 2.75) is 94.1 Å². The van der Waals surface area contributed by atoms with E-state index < -0.39 is 208 Å². The number of rotatable bonds is 21. The molecule has 450 valence electrons. The van der Waals surface area contributed by atoms with Crippen molar-refractivity contribution in [3.8, 4) is 23.0 Å². The normalized spacial score (nSPS) is 16.2. The molecular formula is C47H44ClF10N8O14PS2. The summed E-state index contributed by atoms with van der Waals surface area (Å²) >= 11 is 6.65. The molecular weight excluding hydrogens is 1220 g/mol. The first-order valence-corrected chi connectivity index (χ1v) is 28.8. The van der Waals surface area contributed by atoms with Crippen molar-refractivity contribution in [2.24, 2.45) is 5.92 Å². The zero-order valence-corrected chi connectivity index (χ0v) is 46.1. The summed E-state index contributed by atoms with van der Waals surface area (Å²) in [5.74, 6) is -8.29. The van der Waals surface area contributed by atoms with E-state index in [1.807, 2.05) is 0 Å². The van der Waals surface area contributed by atoms with Crippen LogP contribution in [0.4, 0.5) is 48.7 Å². The number of amides is 3. The van der Waals surface area contributed by atoms with Crippen LogP contribution in [0.2, 0.25) is 5.02 Å². The van der Waals surface area contributed by atoms with Crippen LogP contribution in [0.5, 0.6) is 0 Å². The van der Waals surface area contributed by atoms with E-state index >= 15 is 8.78 Å². The van der Waals surface area contributed by atoms with E-state index in [9.17, 15) is 80.8 Å².